The highest BCUT2D eigenvalue weighted by atomic mass is 32.2. The molecule has 0 atom stereocenters. The van der Waals surface area contributed by atoms with E-state index in [9.17, 15) is 28.3 Å². The molecular weight excluding hydrogens is 653 g/mol. The summed E-state index contributed by atoms with van der Waals surface area (Å²) < 4.78 is 44.9. The predicted molar refractivity (Wildman–Crippen MR) is 178 cm³/mol. The molecule has 3 aromatic rings. The average molecular weight is 684 g/mol. The standard InChI is InChI=1S/C33H31F2N3O7S2/c1-43-28-19-22(32(41)42)4-6-26(28)36-30(39)8-9-38-31(40)29(47-33(38)46)17-20-2-7-27(45-15-12-37-10-13-44-14-11-37)23(16-20)21-3-5-24(34)25(35)18-21/h2-7,16-19H,8-15H2,1H3,(H,36,39)(H,41,42)/b29-17-. The minimum Gasteiger partial charge on any atom is -0.495 e. The molecule has 2 saturated heterocycles. The zero-order valence-corrected chi connectivity index (χ0v) is 26.9. The van der Waals surface area contributed by atoms with E-state index in [-0.39, 0.29) is 40.2 Å². The molecule has 0 bridgehead atoms. The second kappa shape index (κ2) is 15.5. The Morgan fingerprint density at radius 3 is 2.55 bits per heavy atom. The van der Waals surface area contributed by atoms with Gasteiger partial charge in [-0.25, -0.2) is 13.6 Å². The quantitative estimate of drug-likeness (QED) is 0.193. The molecule has 3 aromatic carbocycles. The smallest absolute Gasteiger partial charge is 0.335 e. The Balaban J connectivity index is 1.28. The van der Waals surface area contributed by atoms with Gasteiger partial charge in [0.1, 0.15) is 22.4 Å². The van der Waals surface area contributed by atoms with E-state index < -0.39 is 23.5 Å². The third-order valence-electron chi connectivity index (χ3n) is 7.46. The normalized spacial score (nSPS) is 16.1. The highest BCUT2D eigenvalue weighted by Gasteiger charge is 2.32. The molecule has 0 aromatic heterocycles. The summed E-state index contributed by atoms with van der Waals surface area (Å²) in [5, 5.41) is 11.9. The fourth-order valence-corrected chi connectivity index (χ4v) is 6.27. The van der Waals surface area contributed by atoms with Gasteiger partial charge in [-0.2, -0.15) is 0 Å². The van der Waals surface area contributed by atoms with Crippen LogP contribution in [0.5, 0.6) is 11.5 Å². The zero-order chi connectivity index (χ0) is 33.5. The van der Waals surface area contributed by atoms with Crippen LogP contribution in [0.4, 0.5) is 14.5 Å². The van der Waals surface area contributed by atoms with Gasteiger partial charge in [0.05, 0.1) is 36.5 Å². The summed E-state index contributed by atoms with van der Waals surface area (Å²) in [7, 11) is 1.36. The van der Waals surface area contributed by atoms with E-state index in [0.29, 0.717) is 53.7 Å². The highest BCUT2D eigenvalue weighted by molar-refractivity contribution is 8.26. The summed E-state index contributed by atoms with van der Waals surface area (Å²) in [5.74, 6) is -3.23. The number of carboxylic acid groups (broad SMARTS) is 1. The number of halogens is 2. The lowest BCUT2D eigenvalue weighted by Gasteiger charge is -2.26. The van der Waals surface area contributed by atoms with Crippen molar-refractivity contribution in [2.45, 2.75) is 6.42 Å². The molecule has 2 heterocycles. The number of amides is 2. The molecule has 0 aliphatic carbocycles. The van der Waals surface area contributed by atoms with Gasteiger partial charge in [0.15, 0.2) is 11.6 Å². The summed E-state index contributed by atoms with van der Waals surface area (Å²) in [6.45, 7) is 3.99. The number of carbonyl (C=O) groups excluding carboxylic acids is 2. The molecule has 10 nitrogen and oxygen atoms in total. The molecule has 47 heavy (non-hydrogen) atoms. The first-order chi connectivity index (χ1) is 22.6. The van der Waals surface area contributed by atoms with Crippen LogP contribution in [-0.2, 0) is 14.3 Å². The molecule has 0 radical (unpaired) electrons. The van der Waals surface area contributed by atoms with Crippen LogP contribution < -0.4 is 14.8 Å². The number of rotatable bonds is 12. The number of carboxylic acids is 1. The van der Waals surface area contributed by atoms with Crippen molar-refractivity contribution in [1.29, 1.82) is 0 Å². The number of hydrogen-bond donors (Lipinski definition) is 2. The summed E-state index contributed by atoms with van der Waals surface area (Å²) in [6, 6.07) is 12.9. The first-order valence-electron chi connectivity index (χ1n) is 14.6. The second-order valence-corrected chi connectivity index (χ2v) is 12.2. The first kappa shape index (κ1) is 34.0. The van der Waals surface area contributed by atoms with E-state index >= 15 is 0 Å². The van der Waals surface area contributed by atoms with Crippen molar-refractivity contribution < 1.29 is 42.5 Å². The van der Waals surface area contributed by atoms with Crippen LogP contribution in [-0.4, -0.2) is 90.1 Å². The van der Waals surface area contributed by atoms with Gasteiger partial charge in [-0.15, -0.1) is 0 Å². The summed E-state index contributed by atoms with van der Waals surface area (Å²) in [6.07, 6.45) is 1.56. The molecule has 2 aliphatic rings. The first-order valence-corrected chi connectivity index (χ1v) is 15.8. The molecular formula is C33H31F2N3O7S2. The zero-order valence-electron chi connectivity index (χ0n) is 25.3. The molecule has 2 N–H and O–H groups in total. The lowest BCUT2D eigenvalue weighted by atomic mass is 10.0. The van der Waals surface area contributed by atoms with Gasteiger partial charge in [0.2, 0.25) is 5.91 Å². The summed E-state index contributed by atoms with van der Waals surface area (Å²) >= 11 is 6.52. The maximum Gasteiger partial charge on any atom is 0.335 e. The average Bonchev–Trinajstić information content (AvgIpc) is 3.33. The molecule has 2 aliphatic heterocycles. The number of ether oxygens (including phenoxy) is 3. The number of nitrogens with zero attached hydrogens (tertiary/aromatic N) is 2. The number of thiocarbonyl (C=S) groups is 1. The number of hydrogen-bond acceptors (Lipinski definition) is 9. The second-order valence-electron chi connectivity index (χ2n) is 10.5. The Labute approximate surface area is 279 Å². The Bertz CT molecular complexity index is 1730. The van der Waals surface area contributed by atoms with Gasteiger partial charge >= 0.3 is 5.97 Å². The predicted octanol–water partition coefficient (Wildman–Crippen LogP) is 5.28. The molecule has 246 valence electrons. The lowest BCUT2D eigenvalue weighted by molar-refractivity contribution is -0.122. The molecule has 0 unspecified atom stereocenters. The van der Waals surface area contributed by atoms with Crippen molar-refractivity contribution in [3.8, 4) is 22.6 Å². The van der Waals surface area contributed by atoms with Crippen molar-refractivity contribution in [1.82, 2.24) is 9.80 Å². The van der Waals surface area contributed by atoms with Crippen LogP contribution in [0.1, 0.15) is 22.3 Å². The van der Waals surface area contributed by atoms with Crippen LogP contribution in [0.2, 0.25) is 0 Å². The number of anilines is 1. The Morgan fingerprint density at radius 2 is 1.83 bits per heavy atom. The van der Waals surface area contributed by atoms with Crippen LogP contribution in [0.3, 0.4) is 0 Å². The number of nitrogens with one attached hydrogen (secondary N) is 1. The van der Waals surface area contributed by atoms with Crippen molar-refractivity contribution in [2.24, 2.45) is 0 Å². The molecule has 0 spiro atoms. The minimum absolute atomic E-state index is 0.00657. The molecule has 2 amide bonds. The monoisotopic (exact) mass is 683 g/mol. The molecule has 5 rings (SSSR count). The maximum absolute atomic E-state index is 14.2. The maximum atomic E-state index is 14.2. The van der Waals surface area contributed by atoms with Crippen LogP contribution >= 0.6 is 24.0 Å². The molecule has 14 heteroatoms. The van der Waals surface area contributed by atoms with Crippen LogP contribution in [0.25, 0.3) is 17.2 Å². The van der Waals surface area contributed by atoms with Crippen molar-refractivity contribution in [2.75, 3.05) is 58.4 Å². The van der Waals surface area contributed by atoms with Gasteiger partial charge in [0.25, 0.3) is 5.91 Å². The third kappa shape index (κ3) is 8.51. The molecule has 0 saturated carbocycles. The van der Waals surface area contributed by atoms with E-state index in [1.165, 1.54) is 36.3 Å². The van der Waals surface area contributed by atoms with Gasteiger partial charge in [-0.3, -0.25) is 19.4 Å². The Morgan fingerprint density at radius 1 is 1.04 bits per heavy atom. The number of morpholine rings is 1. The lowest BCUT2D eigenvalue weighted by Crippen LogP contribution is -2.38. The van der Waals surface area contributed by atoms with Crippen LogP contribution in [0.15, 0.2) is 59.5 Å². The Kier molecular flexibility index (Phi) is 11.2. The fraction of sp³-hybridized carbons (Fsp3) is 0.273. The molecule has 2 fully saturated rings. The highest BCUT2D eigenvalue weighted by Crippen LogP contribution is 2.36. The Hall–Kier alpha value is -4.37. The van der Waals surface area contributed by atoms with Gasteiger partial charge in [-0.05, 0) is 59.7 Å². The van der Waals surface area contributed by atoms with Gasteiger partial charge < -0.3 is 24.6 Å². The minimum atomic E-state index is -1.13. The SMILES string of the molecule is COc1cc(C(=O)O)ccc1NC(=O)CCN1C(=O)/C(=C/c2ccc(OCCN3CCOCC3)c(-c3ccc(F)c(F)c3)c2)SC1=S. The third-order valence-corrected chi connectivity index (χ3v) is 8.84. The van der Waals surface area contributed by atoms with E-state index in [0.717, 1.165) is 37.0 Å². The number of thioether (sulfide) groups is 1. The number of methoxy groups -OCH3 is 1. The number of benzene rings is 3. The summed E-state index contributed by atoms with van der Waals surface area (Å²) in [5.41, 5.74) is 1.84. The largest absolute Gasteiger partial charge is 0.495 e. The van der Waals surface area contributed by atoms with Crippen molar-refractivity contribution in [3.63, 3.8) is 0 Å². The van der Waals surface area contributed by atoms with Crippen molar-refractivity contribution in [3.05, 3.63) is 82.3 Å². The fourth-order valence-electron chi connectivity index (χ4n) is 4.96. The van der Waals surface area contributed by atoms with Gasteiger partial charge in [0, 0.05) is 38.2 Å². The summed E-state index contributed by atoms with van der Waals surface area (Å²) in [4.78, 5) is 41.1. The van der Waals surface area contributed by atoms with E-state index in [1.54, 1.807) is 24.3 Å². The van der Waals surface area contributed by atoms with E-state index in [1.807, 2.05) is 0 Å². The van der Waals surface area contributed by atoms with Crippen LogP contribution in [0, 0.1) is 11.6 Å². The topological polar surface area (TPSA) is 118 Å². The number of aromatic carboxylic acids is 1. The van der Waals surface area contributed by atoms with E-state index in [2.05, 4.69) is 10.2 Å². The van der Waals surface area contributed by atoms with Gasteiger partial charge in [-0.1, -0.05) is 36.1 Å². The van der Waals surface area contributed by atoms with Crippen molar-refractivity contribution >= 4 is 57.8 Å². The van der Waals surface area contributed by atoms with E-state index in [4.69, 9.17) is 26.4 Å². The number of carbonyl (C=O) groups is 3.